The van der Waals surface area contributed by atoms with E-state index in [1.807, 2.05) is 13.8 Å². The fourth-order valence-electron chi connectivity index (χ4n) is 1.51. The number of nitrogens with one attached hydrogen (secondary N) is 1. The van der Waals surface area contributed by atoms with Gasteiger partial charge in [0.25, 0.3) is 5.91 Å². The molecule has 0 spiro atoms. The second kappa shape index (κ2) is 5.38. The average Bonchev–Trinajstić information content (AvgIpc) is 2.21. The van der Waals surface area contributed by atoms with Crippen LogP contribution in [0.5, 0.6) is 0 Å². The van der Waals surface area contributed by atoms with Crippen LogP contribution in [0.1, 0.15) is 24.2 Å². The minimum atomic E-state index is -0.458. The van der Waals surface area contributed by atoms with E-state index < -0.39 is 5.54 Å². The Morgan fingerprint density at radius 1 is 1.53 bits per heavy atom. The second-order valence-corrected chi connectivity index (χ2v) is 4.88. The summed E-state index contributed by atoms with van der Waals surface area (Å²) in [6.45, 7) is 4.16. The first-order chi connectivity index (χ1) is 7.87. The highest BCUT2D eigenvalue weighted by Gasteiger charge is 2.22. The van der Waals surface area contributed by atoms with E-state index in [9.17, 15) is 4.79 Å². The molecule has 0 aliphatic heterocycles. The third kappa shape index (κ3) is 3.61. The second-order valence-electron chi connectivity index (χ2n) is 4.47. The molecule has 0 unspecified atom stereocenters. The minimum absolute atomic E-state index is 0.257. The number of amides is 1. The summed E-state index contributed by atoms with van der Waals surface area (Å²) < 4.78 is 5.03. The maximum atomic E-state index is 12.0. The molecule has 1 aromatic carbocycles. The van der Waals surface area contributed by atoms with Crippen molar-refractivity contribution >= 4 is 23.2 Å². The van der Waals surface area contributed by atoms with Gasteiger partial charge in [0.1, 0.15) is 0 Å². The molecule has 4 nitrogen and oxygen atoms in total. The molecule has 0 saturated heterocycles. The van der Waals surface area contributed by atoms with Gasteiger partial charge in [-0.05, 0) is 26.0 Å². The van der Waals surface area contributed by atoms with Crippen molar-refractivity contribution < 1.29 is 9.53 Å². The molecule has 0 fully saturated rings. The zero-order valence-corrected chi connectivity index (χ0v) is 11.0. The van der Waals surface area contributed by atoms with Gasteiger partial charge in [-0.25, -0.2) is 0 Å². The van der Waals surface area contributed by atoms with Crippen LogP contribution in [0, 0.1) is 0 Å². The third-order valence-corrected chi connectivity index (χ3v) is 2.58. The van der Waals surface area contributed by atoms with Crippen molar-refractivity contribution in [2.24, 2.45) is 0 Å². The maximum Gasteiger partial charge on any atom is 0.253 e. The predicted octanol–water partition coefficient (Wildman–Crippen LogP) is 2.08. The summed E-state index contributed by atoms with van der Waals surface area (Å²) in [6.07, 6.45) is 0. The Bertz CT molecular complexity index is 419. The van der Waals surface area contributed by atoms with Crippen LogP contribution < -0.4 is 11.1 Å². The number of hydrogen-bond acceptors (Lipinski definition) is 3. The van der Waals surface area contributed by atoms with Gasteiger partial charge in [0.2, 0.25) is 0 Å². The number of hydrogen-bond donors (Lipinski definition) is 2. The van der Waals surface area contributed by atoms with Crippen molar-refractivity contribution in [3.05, 3.63) is 28.8 Å². The van der Waals surface area contributed by atoms with Crippen molar-refractivity contribution in [2.75, 3.05) is 19.5 Å². The van der Waals surface area contributed by atoms with E-state index in [4.69, 9.17) is 22.1 Å². The van der Waals surface area contributed by atoms with Gasteiger partial charge in [-0.1, -0.05) is 17.7 Å². The van der Waals surface area contributed by atoms with Crippen LogP contribution in [0.4, 0.5) is 5.69 Å². The van der Waals surface area contributed by atoms with Crippen LogP contribution in [0.15, 0.2) is 18.2 Å². The molecule has 1 rings (SSSR count). The van der Waals surface area contributed by atoms with E-state index >= 15 is 0 Å². The summed E-state index contributed by atoms with van der Waals surface area (Å²) in [5.74, 6) is -0.257. The van der Waals surface area contributed by atoms with Gasteiger partial charge in [0.15, 0.2) is 0 Å². The van der Waals surface area contributed by atoms with Crippen molar-refractivity contribution in [3.63, 3.8) is 0 Å². The highest BCUT2D eigenvalue weighted by Crippen LogP contribution is 2.22. The lowest BCUT2D eigenvalue weighted by atomic mass is 10.1. The number of methoxy groups -OCH3 is 1. The zero-order chi connectivity index (χ0) is 13.1. The van der Waals surface area contributed by atoms with Gasteiger partial charge < -0.3 is 15.8 Å². The summed E-state index contributed by atoms with van der Waals surface area (Å²) in [5.41, 5.74) is 5.96. The van der Waals surface area contributed by atoms with E-state index in [1.165, 1.54) is 0 Å². The van der Waals surface area contributed by atoms with Crippen LogP contribution >= 0.6 is 11.6 Å². The molecule has 17 heavy (non-hydrogen) atoms. The Balaban J connectivity index is 2.87. The number of carbonyl (C=O) groups excluding carboxylic acids is 1. The largest absolute Gasteiger partial charge is 0.397 e. The molecule has 0 aliphatic rings. The van der Waals surface area contributed by atoms with Gasteiger partial charge in [-0.15, -0.1) is 0 Å². The number of ether oxygens (including phenoxy) is 1. The molecular weight excluding hydrogens is 240 g/mol. The molecular formula is C12H17ClN2O2. The molecule has 0 saturated carbocycles. The lowest BCUT2D eigenvalue weighted by Crippen LogP contribution is -2.46. The highest BCUT2D eigenvalue weighted by molar-refractivity contribution is 6.33. The van der Waals surface area contributed by atoms with Crippen LogP contribution in [-0.4, -0.2) is 25.2 Å². The lowest BCUT2D eigenvalue weighted by molar-refractivity contribution is 0.0821. The number of carbonyl (C=O) groups is 1. The number of anilines is 1. The van der Waals surface area contributed by atoms with E-state index in [0.29, 0.717) is 22.9 Å². The van der Waals surface area contributed by atoms with Crippen molar-refractivity contribution in [2.45, 2.75) is 19.4 Å². The van der Waals surface area contributed by atoms with Gasteiger partial charge in [-0.2, -0.15) is 0 Å². The molecule has 5 heteroatoms. The Kier molecular flexibility index (Phi) is 4.37. The summed E-state index contributed by atoms with van der Waals surface area (Å²) in [7, 11) is 1.58. The summed E-state index contributed by atoms with van der Waals surface area (Å²) in [6, 6.07) is 4.98. The van der Waals surface area contributed by atoms with Gasteiger partial charge in [0.05, 0.1) is 28.4 Å². The molecule has 1 amide bonds. The van der Waals surface area contributed by atoms with E-state index in [1.54, 1.807) is 25.3 Å². The number of rotatable bonds is 4. The monoisotopic (exact) mass is 256 g/mol. The minimum Gasteiger partial charge on any atom is -0.397 e. The number of para-hydroxylation sites is 1. The van der Waals surface area contributed by atoms with E-state index in [2.05, 4.69) is 5.32 Å². The first-order valence-corrected chi connectivity index (χ1v) is 5.60. The molecule has 0 heterocycles. The van der Waals surface area contributed by atoms with Crippen LogP contribution in [0.2, 0.25) is 5.02 Å². The zero-order valence-electron chi connectivity index (χ0n) is 10.2. The average molecular weight is 257 g/mol. The highest BCUT2D eigenvalue weighted by atomic mass is 35.5. The Morgan fingerprint density at radius 3 is 2.76 bits per heavy atom. The van der Waals surface area contributed by atoms with E-state index in [0.717, 1.165) is 0 Å². The number of nitrogens with two attached hydrogens (primary N) is 1. The fraction of sp³-hybridized carbons (Fsp3) is 0.417. The first kappa shape index (κ1) is 13.8. The summed E-state index contributed by atoms with van der Waals surface area (Å²) in [4.78, 5) is 12.0. The van der Waals surface area contributed by atoms with Crippen molar-refractivity contribution in [1.82, 2.24) is 5.32 Å². The number of halogens is 1. The predicted molar refractivity (Wildman–Crippen MR) is 69.3 cm³/mol. The first-order valence-electron chi connectivity index (χ1n) is 5.23. The van der Waals surface area contributed by atoms with Gasteiger partial charge >= 0.3 is 0 Å². The molecule has 3 N–H and O–H groups in total. The molecule has 0 radical (unpaired) electrons. The summed E-state index contributed by atoms with van der Waals surface area (Å²) >= 11 is 5.86. The quantitative estimate of drug-likeness (QED) is 0.811. The van der Waals surface area contributed by atoms with Crippen LogP contribution in [0.3, 0.4) is 0 Å². The molecule has 0 aromatic heterocycles. The van der Waals surface area contributed by atoms with E-state index in [-0.39, 0.29) is 5.91 Å². The van der Waals surface area contributed by atoms with Gasteiger partial charge in [-0.3, -0.25) is 4.79 Å². The molecule has 0 aliphatic carbocycles. The summed E-state index contributed by atoms with van der Waals surface area (Å²) in [5, 5.41) is 3.22. The smallest absolute Gasteiger partial charge is 0.253 e. The lowest BCUT2D eigenvalue weighted by Gasteiger charge is -2.25. The fourth-order valence-corrected chi connectivity index (χ4v) is 1.68. The Hall–Kier alpha value is -1.26. The standard InChI is InChI=1S/C12H17ClN2O2/c1-12(2,7-17-3)15-11(16)8-5-4-6-9(13)10(8)14/h4-6H,7,14H2,1-3H3,(H,15,16). The number of benzene rings is 1. The molecule has 0 atom stereocenters. The Morgan fingerprint density at radius 2 is 2.18 bits per heavy atom. The number of nitrogen functional groups attached to an aromatic ring is 1. The molecule has 1 aromatic rings. The Labute approximate surface area is 106 Å². The molecule has 94 valence electrons. The normalized spacial score (nSPS) is 11.3. The topological polar surface area (TPSA) is 64.3 Å². The van der Waals surface area contributed by atoms with Crippen molar-refractivity contribution in [3.8, 4) is 0 Å². The van der Waals surface area contributed by atoms with Crippen LogP contribution in [0.25, 0.3) is 0 Å². The van der Waals surface area contributed by atoms with Crippen LogP contribution in [-0.2, 0) is 4.74 Å². The van der Waals surface area contributed by atoms with Crippen molar-refractivity contribution in [1.29, 1.82) is 0 Å². The third-order valence-electron chi connectivity index (χ3n) is 2.25. The maximum absolute atomic E-state index is 12.0. The molecule has 0 bridgehead atoms. The SMILES string of the molecule is COCC(C)(C)NC(=O)c1cccc(Cl)c1N. The van der Waals surface area contributed by atoms with Gasteiger partial charge in [0, 0.05) is 7.11 Å².